The molecule has 2 aliphatic rings. The molecule has 4 heterocycles. The van der Waals surface area contributed by atoms with Crippen LogP contribution in [0.4, 0.5) is 21.7 Å². The van der Waals surface area contributed by atoms with Gasteiger partial charge in [-0.3, -0.25) is 9.78 Å². The Hall–Kier alpha value is -3.49. The summed E-state index contributed by atoms with van der Waals surface area (Å²) in [6, 6.07) is 3.54. The summed E-state index contributed by atoms with van der Waals surface area (Å²) < 4.78 is 18.9. The fourth-order valence-corrected chi connectivity index (χ4v) is 3.29. The summed E-state index contributed by atoms with van der Waals surface area (Å²) in [5, 5.41) is 7.31. The summed E-state index contributed by atoms with van der Waals surface area (Å²) in [6.07, 6.45) is 4.14. The molecule has 0 saturated heterocycles. The Balaban J connectivity index is 1.55. The minimum absolute atomic E-state index is 0.264. The first kappa shape index (κ1) is 16.7. The average Bonchev–Trinajstić information content (AvgIpc) is 3.44. The number of pyridine rings is 3. The molecule has 1 fully saturated rings. The van der Waals surface area contributed by atoms with Gasteiger partial charge >= 0.3 is 0 Å². The van der Waals surface area contributed by atoms with Gasteiger partial charge < -0.3 is 21.1 Å². The van der Waals surface area contributed by atoms with Crippen molar-refractivity contribution in [3.63, 3.8) is 0 Å². The molecule has 2 atom stereocenters. The number of aromatic nitrogens is 3. The number of carbonyl (C=O) groups is 1. The van der Waals surface area contributed by atoms with Crippen molar-refractivity contribution < 1.29 is 13.9 Å². The second kappa shape index (κ2) is 6.29. The molecule has 0 aromatic carbocycles. The van der Waals surface area contributed by atoms with Crippen molar-refractivity contribution in [3.05, 3.63) is 30.7 Å². The van der Waals surface area contributed by atoms with Crippen LogP contribution in [0.5, 0.6) is 5.75 Å². The van der Waals surface area contributed by atoms with E-state index in [2.05, 4.69) is 25.6 Å². The van der Waals surface area contributed by atoms with E-state index in [-0.39, 0.29) is 12.3 Å². The molecule has 28 heavy (non-hydrogen) atoms. The molecule has 0 radical (unpaired) electrons. The molecule has 142 valence electrons. The highest BCUT2D eigenvalue weighted by atomic mass is 19.1. The number of hydrogen-bond acceptors (Lipinski definition) is 7. The zero-order chi connectivity index (χ0) is 19.3. The van der Waals surface area contributed by atoms with Gasteiger partial charge in [0.15, 0.2) is 5.75 Å². The van der Waals surface area contributed by atoms with E-state index in [1.807, 2.05) is 6.07 Å². The fourth-order valence-electron chi connectivity index (χ4n) is 3.29. The van der Waals surface area contributed by atoms with Crippen LogP contribution in [0.3, 0.4) is 0 Å². The van der Waals surface area contributed by atoms with E-state index in [0.717, 1.165) is 16.6 Å². The molecular weight excluding hydrogens is 363 g/mol. The normalized spacial score (nSPS) is 20.0. The van der Waals surface area contributed by atoms with Crippen LogP contribution >= 0.6 is 0 Å². The van der Waals surface area contributed by atoms with E-state index in [4.69, 9.17) is 10.5 Å². The highest BCUT2D eigenvalue weighted by molar-refractivity contribution is 5.99. The van der Waals surface area contributed by atoms with Crippen molar-refractivity contribution in [2.24, 2.45) is 5.92 Å². The number of nitrogen functional groups attached to an aromatic ring is 1. The first-order chi connectivity index (χ1) is 13.6. The third-order valence-corrected chi connectivity index (χ3v) is 4.88. The zero-order valence-corrected chi connectivity index (χ0v) is 14.8. The lowest BCUT2D eigenvalue weighted by molar-refractivity contribution is -0.117. The van der Waals surface area contributed by atoms with Crippen molar-refractivity contribution in [2.75, 3.05) is 29.5 Å². The Labute approximate surface area is 159 Å². The third-order valence-electron chi connectivity index (χ3n) is 4.88. The van der Waals surface area contributed by atoms with Crippen LogP contribution in [0.1, 0.15) is 6.42 Å². The van der Waals surface area contributed by atoms with Gasteiger partial charge in [-0.1, -0.05) is 0 Å². The van der Waals surface area contributed by atoms with E-state index in [9.17, 15) is 9.18 Å². The van der Waals surface area contributed by atoms with Crippen LogP contribution in [0.15, 0.2) is 30.7 Å². The maximum atomic E-state index is 13.1. The Kier molecular flexibility index (Phi) is 3.75. The smallest absolute Gasteiger partial charge is 0.231 e. The van der Waals surface area contributed by atoms with Crippen molar-refractivity contribution in [3.8, 4) is 17.0 Å². The minimum atomic E-state index is -1.06. The van der Waals surface area contributed by atoms with Gasteiger partial charge in [-0.2, -0.15) is 0 Å². The van der Waals surface area contributed by atoms with Crippen molar-refractivity contribution >= 4 is 34.0 Å². The molecule has 3 aromatic heterocycles. The molecule has 0 unspecified atom stereocenters. The maximum absolute atomic E-state index is 13.1. The fraction of sp³-hybridized carbons (Fsp3) is 0.263. The molecule has 8 nitrogen and oxygen atoms in total. The van der Waals surface area contributed by atoms with Gasteiger partial charge in [0, 0.05) is 24.3 Å². The zero-order valence-electron chi connectivity index (χ0n) is 14.8. The predicted octanol–water partition coefficient (Wildman–Crippen LogP) is 2.37. The molecule has 1 saturated carbocycles. The summed E-state index contributed by atoms with van der Waals surface area (Å²) in [7, 11) is 0. The van der Waals surface area contributed by atoms with Crippen LogP contribution in [0.25, 0.3) is 22.0 Å². The summed E-state index contributed by atoms with van der Waals surface area (Å²) in [5.41, 5.74) is 8.26. The highest BCUT2D eigenvalue weighted by Crippen LogP contribution is 2.38. The summed E-state index contributed by atoms with van der Waals surface area (Å²) in [4.78, 5) is 24.9. The maximum Gasteiger partial charge on any atom is 0.231 e. The van der Waals surface area contributed by atoms with Crippen LogP contribution in [0, 0.1) is 5.92 Å². The first-order valence-electron chi connectivity index (χ1n) is 8.96. The number of nitrogens with one attached hydrogen (secondary N) is 2. The number of amides is 1. The first-order valence-corrected chi connectivity index (χ1v) is 8.96. The second-order valence-electron chi connectivity index (χ2n) is 6.87. The Morgan fingerprint density at radius 2 is 2.18 bits per heavy atom. The molecule has 3 aromatic rings. The minimum Gasteiger partial charge on any atom is -0.489 e. The van der Waals surface area contributed by atoms with E-state index in [0.29, 0.717) is 41.6 Å². The number of rotatable bonds is 3. The number of anilines is 3. The van der Waals surface area contributed by atoms with Crippen molar-refractivity contribution in [2.45, 2.75) is 12.6 Å². The van der Waals surface area contributed by atoms with Gasteiger partial charge in [-0.25, -0.2) is 14.4 Å². The molecule has 1 aliphatic carbocycles. The van der Waals surface area contributed by atoms with Crippen LogP contribution in [0.2, 0.25) is 0 Å². The standard InChI is InChI=1S/C19H17FN6O2/c20-13-5-10(13)19(27)26-16-4-9-3-14(25-18(21)11(9)7-24-16)12-6-22-8-15-17(12)28-2-1-23-15/h3-4,6-8,10,13,23H,1-2,5H2,(H2,21,25)(H,24,26,27)/t10-,13+/m0/s1. The predicted molar refractivity (Wildman–Crippen MR) is 103 cm³/mol. The third kappa shape index (κ3) is 2.84. The second-order valence-corrected chi connectivity index (χ2v) is 6.87. The molecule has 1 amide bonds. The van der Waals surface area contributed by atoms with E-state index in [1.54, 1.807) is 24.7 Å². The number of fused-ring (bicyclic) bond motifs is 2. The summed E-state index contributed by atoms with van der Waals surface area (Å²) in [6.45, 7) is 1.25. The largest absolute Gasteiger partial charge is 0.489 e. The molecule has 4 N–H and O–H groups in total. The number of halogens is 1. The van der Waals surface area contributed by atoms with E-state index >= 15 is 0 Å². The molecule has 5 rings (SSSR count). The lowest BCUT2D eigenvalue weighted by atomic mass is 10.1. The van der Waals surface area contributed by atoms with Gasteiger partial charge in [0.2, 0.25) is 5.91 Å². The summed E-state index contributed by atoms with van der Waals surface area (Å²) >= 11 is 0. The van der Waals surface area contributed by atoms with Gasteiger partial charge in [0.05, 0.1) is 29.1 Å². The average molecular weight is 380 g/mol. The molecule has 0 spiro atoms. The van der Waals surface area contributed by atoms with Crippen LogP contribution < -0.4 is 21.1 Å². The van der Waals surface area contributed by atoms with E-state index in [1.165, 1.54) is 0 Å². The van der Waals surface area contributed by atoms with Crippen molar-refractivity contribution in [1.82, 2.24) is 15.0 Å². The molecule has 0 bridgehead atoms. The lowest BCUT2D eigenvalue weighted by Gasteiger charge is -2.21. The number of nitrogens with two attached hydrogens (primary N) is 1. The number of carbonyl (C=O) groups excluding carboxylic acids is 1. The number of nitrogens with zero attached hydrogens (tertiary/aromatic N) is 3. The van der Waals surface area contributed by atoms with Gasteiger partial charge in [0.1, 0.15) is 24.4 Å². The molecule has 1 aliphatic heterocycles. The van der Waals surface area contributed by atoms with Gasteiger partial charge in [-0.15, -0.1) is 0 Å². The topological polar surface area (TPSA) is 115 Å². The quantitative estimate of drug-likeness (QED) is 0.639. The monoisotopic (exact) mass is 380 g/mol. The van der Waals surface area contributed by atoms with E-state index < -0.39 is 12.1 Å². The van der Waals surface area contributed by atoms with Gasteiger partial charge in [0.25, 0.3) is 0 Å². The van der Waals surface area contributed by atoms with Crippen LogP contribution in [-0.2, 0) is 4.79 Å². The Morgan fingerprint density at radius 1 is 1.32 bits per heavy atom. The van der Waals surface area contributed by atoms with Crippen molar-refractivity contribution in [1.29, 1.82) is 0 Å². The number of hydrogen-bond donors (Lipinski definition) is 3. The Bertz CT molecular complexity index is 1110. The Morgan fingerprint density at radius 3 is 3.00 bits per heavy atom. The number of alkyl halides is 1. The SMILES string of the molecule is Nc1nc(-c2cncc3c2OCCN3)cc2cc(NC(=O)[C@H]3C[C@H]3F)ncc12. The lowest BCUT2D eigenvalue weighted by Crippen LogP contribution is -2.18. The number of ether oxygens (including phenoxy) is 1. The summed E-state index contributed by atoms with van der Waals surface area (Å²) in [5.74, 6) is 0.395. The van der Waals surface area contributed by atoms with Crippen LogP contribution in [-0.4, -0.2) is 40.2 Å². The molecule has 9 heteroatoms. The molecular formula is C19H17FN6O2. The van der Waals surface area contributed by atoms with Gasteiger partial charge in [-0.05, 0) is 23.9 Å². The highest BCUT2D eigenvalue weighted by Gasteiger charge is 2.43.